The first-order chi connectivity index (χ1) is 6.74. The number of hydrogen-bond acceptors (Lipinski definition) is 2. The molecule has 14 heavy (non-hydrogen) atoms. The van der Waals surface area contributed by atoms with Crippen LogP contribution >= 0.6 is 22.6 Å². The molecule has 0 unspecified atom stereocenters. The lowest BCUT2D eigenvalue weighted by Crippen LogP contribution is -2.00. The summed E-state index contributed by atoms with van der Waals surface area (Å²) >= 11 is 2.11. The standard InChI is InChI=1S/C10H10IN3/c1-8-3-2-4-9(5-8)6-14-7-12-10(11)13-14/h2-5,7H,6H2,1H3. The lowest BCUT2D eigenvalue weighted by molar-refractivity contribution is 0.680. The van der Waals surface area contributed by atoms with Crippen LogP contribution in [0.25, 0.3) is 0 Å². The van der Waals surface area contributed by atoms with Gasteiger partial charge in [0.25, 0.3) is 0 Å². The summed E-state index contributed by atoms with van der Waals surface area (Å²) in [6.07, 6.45) is 1.75. The molecule has 72 valence electrons. The second-order valence-corrected chi connectivity index (χ2v) is 4.17. The first-order valence-corrected chi connectivity index (χ1v) is 5.42. The molecule has 0 aliphatic heterocycles. The molecule has 4 heteroatoms. The fourth-order valence-electron chi connectivity index (χ4n) is 1.35. The van der Waals surface area contributed by atoms with E-state index in [2.05, 4.69) is 63.9 Å². The van der Waals surface area contributed by atoms with Crippen molar-refractivity contribution in [2.45, 2.75) is 13.5 Å². The van der Waals surface area contributed by atoms with Crippen LogP contribution in [0.3, 0.4) is 0 Å². The van der Waals surface area contributed by atoms with Crippen molar-refractivity contribution in [3.8, 4) is 0 Å². The van der Waals surface area contributed by atoms with E-state index >= 15 is 0 Å². The molecule has 1 heterocycles. The Balaban J connectivity index is 2.18. The van der Waals surface area contributed by atoms with Gasteiger partial charge in [0.15, 0.2) is 0 Å². The van der Waals surface area contributed by atoms with Gasteiger partial charge in [-0.15, -0.1) is 5.10 Å². The van der Waals surface area contributed by atoms with Crippen molar-refractivity contribution in [3.05, 3.63) is 45.6 Å². The molecule has 1 aromatic heterocycles. The lowest BCUT2D eigenvalue weighted by Gasteiger charge is -2.01. The van der Waals surface area contributed by atoms with Crippen LogP contribution in [0.5, 0.6) is 0 Å². The Labute approximate surface area is 96.3 Å². The summed E-state index contributed by atoms with van der Waals surface area (Å²) in [6, 6.07) is 8.41. The first-order valence-electron chi connectivity index (χ1n) is 4.34. The predicted octanol–water partition coefficient (Wildman–Crippen LogP) is 2.24. The van der Waals surface area contributed by atoms with Gasteiger partial charge in [0.05, 0.1) is 6.54 Å². The van der Waals surface area contributed by atoms with Gasteiger partial charge in [0.1, 0.15) is 6.33 Å². The molecule has 0 aliphatic rings. The molecule has 0 atom stereocenters. The van der Waals surface area contributed by atoms with Crippen LogP contribution in [-0.4, -0.2) is 14.8 Å². The molecule has 0 radical (unpaired) electrons. The summed E-state index contributed by atoms with van der Waals surface area (Å²) in [5.74, 6) is 0. The molecule has 0 N–H and O–H groups in total. The van der Waals surface area contributed by atoms with E-state index < -0.39 is 0 Å². The predicted molar refractivity (Wildman–Crippen MR) is 63.0 cm³/mol. The summed E-state index contributed by atoms with van der Waals surface area (Å²) in [6.45, 7) is 2.88. The summed E-state index contributed by atoms with van der Waals surface area (Å²) in [7, 11) is 0. The van der Waals surface area contributed by atoms with Crippen LogP contribution in [0.4, 0.5) is 0 Å². The van der Waals surface area contributed by atoms with Crippen molar-refractivity contribution in [1.29, 1.82) is 0 Å². The first kappa shape index (κ1) is 9.64. The number of nitrogens with zero attached hydrogens (tertiary/aromatic N) is 3. The Morgan fingerprint density at radius 2 is 2.29 bits per heavy atom. The highest BCUT2D eigenvalue weighted by atomic mass is 127. The van der Waals surface area contributed by atoms with Gasteiger partial charge in [-0.05, 0) is 12.5 Å². The lowest BCUT2D eigenvalue weighted by atomic mass is 10.1. The van der Waals surface area contributed by atoms with E-state index in [9.17, 15) is 0 Å². The van der Waals surface area contributed by atoms with Gasteiger partial charge in [0, 0.05) is 22.6 Å². The maximum absolute atomic E-state index is 4.23. The molecule has 2 rings (SSSR count). The van der Waals surface area contributed by atoms with E-state index in [1.165, 1.54) is 11.1 Å². The molecule has 2 aromatic rings. The maximum atomic E-state index is 4.23. The van der Waals surface area contributed by atoms with Crippen LogP contribution in [-0.2, 0) is 6.54 Å². The average Bonchev–Trinajstić information content (AvgIpc) is 2.51. The van der Waals surface area contributed by atoms with Gasteiger partial charge in [-0.3, -0.25) is 0 Å². The van der Waals surface area contributed by atoms with Gasteiger partial charge in [0.2, 0.25) is 3.83 Å². The number of aryl methyl sites for hydroxylation is 1. The minimum absolute atomic E-state index is 0.787. The second kappa shape index (κ2) is 4.08. The average molecular weight is 299 g/mol. The van der Waals surface area contributed by atoms with Crippen LogP contribution in [0.15, 0.2) is 30.6 Å². The number of rotatable bonds is 2. The van der Waals surface area contributed by atoms with Crippen LogP contribution in [0.1, 0.15) is 11.1 Å². The molecule has 0 aliphatic carbocycles. The number of aromatic nitrogens is 3. The highest BCUT2D eigenvalue weighted by molar-refractivity contribution is 14.1. The molecule has 0 saturated carbocycles. The summed E-state index contributed by atoms with van der Waals surface area (Å²) < 4.78 is 2.63. The van der Waals surface area contributed by atoms with Crippen molar-refractivity contribution in [2.75, 3.05) is 0 Å². The van der Waals surface area contributed by atoms with E-state index in [0.29, 0.717) is 0 Å². The smallest absolute Gasteiger partial charge is 0.211 e. The fourth-order valence-corrected chi connectivity index (χ4v) is 1.75. The largest absolute Gasteiger partial charge is 0.247 e. The molecule has 0 spiro atoms. The van der Waals surface area contributed by atoms with Crippen molar-refractivity contribution >= 4 is 22.6 Å². The van der Waals surface area contributed by atoms with Crippen LogP contribution < -0.4 is 0 Å². The van der Waals surface area contributed by atoms with Crippen molar-refractivity contribution < 1.29 is 0 Å². The van der Waals surface area contributed by atoms with E-state index in [1.807, 2.05) is 4.68 Å². The minimum Gasteiger partial charge on any atom is -0.247 e. The summed E-state index contributed by atoms with van der Waals surface area (Å²) in [5, 5.41) is 4.23. The van der Waals surface area contributed by atoms with Crippen molar-refractivity contribution in [1.82, 2.24) is 14.8 Å². The third-order valence-corrected chi connectivity index (χ3v) is 2.43. The van der Waals surface area contributed by atoms with Gasteiger partial charge in [-0.1, -0.05) is 29.8 Å². The van der Waals surface area contributed by atoms with Gasteiger partial charge in [-0.2, -0.15) is 0 Å². The number of halogens is 1. The highest BCUT2D eigenvalue weighted by Crippen LogP contribution is 2.05. The molecule has 3 nitrogen and oxygen atoms in total. The zero-order valence-corrected chi connectivity index (χ0v) is 9.97. The van der Waals surface area contributed by atoms with Gasteiger partial charge < -0.3 is 0 Å². The Kier molecular flexibility index (Phi) is 2.81. The normalized spacial score (nSPS) is 10.4. The fraction of sp³-hybridized carbons (Fsp3) is 0.200. The molecule has 0 saturated heterocycles. The summed E-state index contributed by atoms with van der Waals surface area (Å²) in [5.41, 5.74) is 2.53. The molecular weight excluding hydrogens is 289 g/mol. The van der Waals surface area contributed by atoms with E-state index in [1.54, 1.807) is 6.33 Å². The van der Waals surface area contributed by atoms with Gasteiger partial charge in [-0.25, -0.2) is 9.67 Å². The van der Waals surface area contributed by atoms with E-state index in [-0.39, 0.29) is 0 Å². The van der Waals surface area contributed by atoms with Crippen LogP contribution in [0, 0.1) is 10.8 Å². The highest BCUT2D eigenvalue weighted by Gasteiger charge is 1.98. The molecule has 0 fully saturated rings. The molecule has 1 aromatic carbocycles. The monoisotopic (exact) mass is 299 g/mol. The topological polar surface area (TPSA) is 30.7 Å². The van der Waals surface area contributed by atoms with Crippen LogP contribution in [0.2, 0.25) is 0 Å². The SMILES string of the molecule is Cc1cccc(Cn2cnc(I)n2)c1. The Morgan fingerprint density at radius 1 is 1.43 bits per heavy atom. The van der Waals surface area contributed by atoms with Crippen molar-refractivity contribution in [3.63, 3.8) is 0 Å². The zero-order chi connectivity index (χ0) is 9.97. The number of hydrogen-bond donors (Lipinski definition) is 0. The van der Waals surface area contributed by atoms with E-state index in [4.69, 9.17) is 0 Å². The third kappa shape index (κ3) is 2.31. The molecule has 0 bridgehead atoms. The van der Waals surface area contributed by atoms with E-state index in [0.717, 1.165) is 10.4 Å². The third-order valence-electron chi connectivity index (χ3n) is 1.94. The summed E-state index contributed by atoms with van der Waals surface area (Å²) in [4.78, 5) is 4.07. The number of benzene rings is 1. The molecule has 0 amide bonds. The second-order valence-electron chi connectivity index (χ2n) is 3.20. The Bertz CT molecular complexity index is 436. The Morgan fingerprint density at radius 3 is 2.93 bits per heavy atom. The minimum atomic E-state index is 0.787. The quantitative estimate of drug-likeness (QED) is 0.796. The molecular formula is C10H10IN3. The maximum Gasteiger partial charge on any atom is 0.211 e. The zero-order valence-electron chi connectivity index (χ0n) is 7.81. The van der Waals surface area contributed by atoms with Gasteiger partial charge >= 0.3 is 0 Å². The Hall–Kier alpha value is -0.910. The van der Waals surface area contributed by atoms with Crippen molar-refractivity contribution in [2.24, 2.45) is 0 Å².